The molecule has 1 heterocycles. The van der Waals surface area contributed by atoms with Gasteiger partial charge < -0.3 is 4.90 Å². The van der Waals surface area contributed by atoms with Gasteiger partial charge in [-0.3, -0.25) is 10.2 Å². The molecule has 0 atom stereocenters. The highest BCUT2D eigenvalue weighted by molar-refractivity contribution is 5.78. The van der Waals surface area contributed by atoms with Crippen LogP contribution in [0.15, 0.2) is 0 Å². The van der Waals surface area contributed by atoms with Crippen molar-refractivity contribution in [3.63, 3.8) is 0 Å². The maximum atomic E-state index is 11.0. The first-order chi connectivity index (χ1) is 4.74. The number of likely N-dealkylation sites (N-methyl/N-ethyl adjacent to an activating group) is 1. The number of hydrogen-bond acceptors (Lipinski definition) is 3. The van der Waals surface area contributed by atoms with Crippen LogP contribution >= 0.6 is 0 Å². The molecule has 0 spiro atoms. The summed E-state index contributed by atoms with van der Waals surface area (Å²) in [6, 6.07) is 0. The van der Waals surface area contributed by atoms with Crippen molar-refractivity contribution in [2.45, 2.75) is 0 Å². The van der Waals surface area contributed by atoms with Gasteiger partial charge in [0.15, 0.2) is 0 Å². The van der Waals surface area contributed by atoms with Gasteiger partial charge in [0.25, 0.3) is 0 Å². The molecule has 0 aromatic rings. The molecule has 0 aromatic carbocycles. The number of carbonyl (C=O) groups is 1. The monoisotopic (exact) mass is 143 g/mol. The van der Waals surface area contributed by atoms with E-state index in [-0.39, 0.29) is 5.91 Å². The van der Waals surface area contributed by atoms with E-state index in [0.717, 1.165) is 13.1 Å². The van der Waals surface area contributed by atoms with Crippen molar-refractivity contribution >= 4 is 5.91 Å². The highest BCUT2D eigenvalue weighted by atomic mass is 16.2. The van der Waals surface area contributed by atoms with E-state index in [2.05, 4.69) is 5.43 Å². The van der Waals surface area contributed by atoms with Gasteiger partial charge in [0.2, 0.25) is 5.91 Å². The quantitative estimate of drug-likeness (QED) is 0.506. The van der Waals surface area contributed by atoms with Crippen molar-refractivity contribution < 1.29 is 4.79 Å². The first kappa shape index (κ1) is 7.50. The van der Waals surface area contributed by atoms with Gasteiger partial charge >= 0.3 is 0 Å². The Kier molecular flexibility index (Phi) is 2.24. The van der Waals surface area contributed by atoms with Crippen molar-refractivity contribution in [2.75, 3.05) is 33.7 Å². The summed E-state index contributed by atoms with van der Waals surface area (Å²) in [5.41, 5.74) is 2.94. The lowest BCUT2D eigenvalue weighted by molar-refractivity contribution is -0.135. The van der Waals surface area contributed by atoms with Crippen molar-refractivity contribution in [3.8, 4) is 0 Å². The Morgan fingerprint density at radius 2 is 2.20 bits per heavy atom. The zero-order chi connectivity index (χ0) is 7.56. The van der Waals surface area contributed by atoms with E-state index in [1.807, 2.05) is 19.1 Å². The normalized spacial score (nSPS) is 21.8. The van der Waals surface area contributed by atoms with E-state index in [1.165, 1.54) is 0 Å². The number of carbonyl (C=O) groups excluding carboxylic acids is 1. The minimum Gasteiger partial charge on any atom is -0.343 e. The largest absolute Gasteiger partial charge is 0.343 e. The van der Waals surface area contributed by atoms with Crippen LogP contribution in [0.5, 0.6) is 0 Å². The molecule has 1 fully saturated rings. The lowest BCUT2D eigenvalue weighted by Crippen LogP contribution is -2.52. The molecule has 1 aliphatic rings. The predicted octanol–water partition coefficient (Wildman–Crippen LogP) is -1.11. The Bertz CT molecular complexity index is 137. The SMILES string of the molecule is CNN1CCN(C)C(=O)C1. The summed E-state index contributed by atoms with van der Waals surface area (Å²) in [6.07, 6.45) is 0. The molecule has 1 amide bonds. The van der Waals surface area contributed by atoms with Crippen LogP contribution < -0.4 is 5.43 Å². The third kappa shape index (κ3) is 1.46. The average Bonchev–Trinajstić information content (AvgIpc) is 1.95. The lowest BCUT2D eigenvalue weighted by Gasteiger charge is -2.30. The van der Waals surface area contributed by atoms with Crippen LogP contribution in [0.3, 0.4) is 0 Å². The molecule has 0 bridgehead atoms. The van der Waals surface area contributed by atoms with Crippen LogP contribution in [-0.4, -0.2) is 49.5 Å². The molecule has 4 heteroatoms. The number of piperazine rings is 1. The van der Waals surface area contributed by atoms with E-state index in [9.17, 15) is 4.79 Å². The Morgan fingerprint density at radius 1 is 1.50 bits per heavy atom. The molecule has 1 N–H and O–H groups in total. The van der Waals surface area contributed by atoms with Gasteiger partial charge in [-0.25, -0.2) is 5.01 Å². The molecule has 0 unspecified atom stereocenters. The summed E-state index contributed by atoms with van der Waals surface area (Å²) in [7, 11) is 3.66. The Balaban J connectivity index is 2.41. The van der Waals surface area contributed by atoms with Crippen LogP contribution in [0, 0.1) is 0 Å². The van der Waals surface area contributed by atoms with Crippen LogP contribution in [0.25, 0.3) is 0 Å². The maximum absolute atomic E-state index is 11.0. The Labute approximate surface area is 60.8 Å². The summed E-state index contributed by atoms with van der Waals surface area (Å²) < 4.78 is 0. The summed E-state index contributed by atoms with van der Waals surface area (Å²) in [6.45, 7) is 2.23. The molecule has 1 aliphatic heterocycles. The van der Waals surface area contributed by atoms with E-state index in [1.54, 1.807) is 4.90 Å². The van der Waals surface area contributed by atoms with E-state index >= 15 is 0 Å². The molecular formula is C6H13N3O. The average molecular weight is 143 g/mol. The number of rotatable bonds is 1. The van der Waals surface area contributed by atoms with E-state index < -0.39 is 0 Å². The van der Waals surface area contributed by atoms with Crippen molar-refractivity contribution in [1.82, 2.24) is 15.3 Å². The fourth-order valence-corrected chi connectivity index (χ4v) is 0.949. The third-order valence-electron chi connectivity index (χ3n) is 1.77. The highest BCUT2D eigenvalue weighted by Crippen LogP contribution is 1.95. The third-order valence-corrected chi connectivity index (χ3v) is 1.77. The second-order valence-corrected chi connectivity index (χ2v) is 2.46. The second-order valence-electron chi connectivity index (χ2n) is 2.46. The summed E-state index contributed by atoms with van der Waals surface area (Å²) in [5, 5.41) is 1.91. The van der Waals surface area contributed by atoms with Gasteiger partial charge in [-0.05, 0) is 7.05 Å². The van der Waals surface area contributed by atoms with Crippen molar-refractivity contribution in [3.05, 3.63) is 0 Å². The zero-order valence-corrected chi connectivity index (χ0v) is 6.42. The number of nitrogens with zero attached hydrogens (tertiary/aromatic N) is 2. The van der Waals surface area contributed by atoms with Gasteiger partial charge in [-0.2, -0.15) is 0 Å². The highest BCUT2D eigenvalue weighted by Gasteiger charge is 2.18. The number of hydrazine groups is 1. The smallest absolute Gasteiger partial charge is 0.237 e. The molecule has 1 saturated heterocycles. The molecule has 10 heavy (non-hydrogen) atoms. The molecule has 1 rings (SSSR count). The van der Waals surface area contributed by atoms with Gasteiger partial charge in [0.05, 0.1) is 6.54 Å². The maximum Gasteiger partial charge on any atom is 0.237 e. The minimum atomic E-state index is 0.181. The van der Waals surface area contributed by atoms with E-state index in [4.69, 9.17) is 0 Å². The molecule has 0 aliphatic carbocycles. The number of hydrogen-bond donors (Lipinski definition) is 1. The summed E-state index contributed by atoms with van der Waals surface area (Å²) >= 11 is 0. The molecule has 58 valence electrons. The zero-order valence-electron chi connectivity index (χ0n) is 6.42. The molecule has 0 radical (unpaired) electrons. The van der Waals surface area contributed by atoms with Gasteiger partial charge in [-0.1, -0.05) is 0 Å². The predicted molar refractivity (Wildman–Crippen MR) is 38.3 cm³/mol. The topological polar surface area (TPSA) is 35.6 Å². The van der Waals surface area contributed by atoms with Gasteiger partial charge in [0.1, 0.15) is 0 Å². The van der Waals surface area contributed by atoms with Gasteiger partial charge in [-0.15, -0.1) is 0 Å². The lowest BCUT2D eigenvalue weighted by atomic mass is 10.4. The fraction of sp³-hybridized carbons (Fsp3) is 0.833. The standard InChI is InChI=1S/C6H13N3O/c1-7-9-4-3-8(2)6(10)5-9/h7H,3-5H2,1-2H3. The van der Waals surface area contributed by atoms with Crippen LogP contribution in [0.2, 0.25) is 0 Å². The van der Waals surface area contributed by atoms with Crippen LogP contribution in [-0.2, 0) is 4.79 Å². The Morgan fingerprint density at radius 3 is 2.70 bits per heavy atom. The van der Waals surface area contributed by atoms with Gasteiger partial charge in [0, 0.05) is 20.1 Å². The van der Waals surface area contributed by atoms with Crippen LogP contribution in [0.1, 0.15) is 0 Å². The first-order valence-corrected chi connectivity index (χ1v) is 3.40. The van der Waals surface area contributed by atoms with Crippen molar-refractivity contribution in [1.29, 1.82) is 0 Å². The fourth-order valence-electron chi connectivity index (χ4n) is 0.949. The second kappa shape index (κ2) is 2.98. The first-order valence-electron chi connectivity index (χ1n) is 3.40. The van der Waals surface area contributed by atoms with E-state index in [0.29, 0.717) is 6.54 Å². The molecular weight excluding hydrogens is 130 g/mol. The van der Waals surface area contributed by atoms with Crippen molar-refractivity contribution in [2.24, 2.45) is 0 Å². The number of nitrogens with one attached hydrogen (secondary N) is 1. The van der Waals surface area contributed by atoms with Crippen LogP contribution in [0.4, 0.5) is 0 Å². The molecule has 0 aromatic heterocycles. The molecule has 0 saturated carbocycles. The summed E-state index contributed by atoms with van der Waals surface area (Å²) in [4.78, 5) is 12.8. The summed E-state index contributed by atoms with van der Waals surface area (Å²) in [5.74, 6) is 0.181. The Hall–Kier alpha value is -0.610. The number of amides is 1. The minimum absolute atomic E-state index is 0.181. The molecule has 4 nitrogen and oxygen atoms in total.